The van der Waals surface area contributed by atoms with E-state index in [0.29, 0.717) is 31.7 Å². The van der Waals surface area contributed by atoms with Gasteiger partial charge in [0.15, 0.2) is 0 Å². The van der Waals surface area contributed by atoms with Crippen LogP contribution in [0, 0.1) is 5.92 Å². The molecule has 18 heavy (non-hydrogen) atoms. The van der Waals surface area contributed by atoms with Gasteiger partial charge in [0.05, 0.1) is 0 Å². The predicted octanol–water partition coefficient (Wildman–Crippen LogP) is 1.94. The van der Waals surface area contributed by atoms with Crippen molar-refractivity contribution >= 4 is 11.8 Å². The van der Waals surface area contributed by atoms with Crippen molar-refractivity contribution in [2.75, 3.05) is 13.1 Å². The Hall–Kier alpha value is -1.06. The van der Waals surface area contributed by atoms with Gasteiger partial charge < -0.3 is 10.2 Å². The van der Waals surface area contributed by atoms with E-state index in [-0.39, 0.29) is 11.8 Å². The van der Waals surface area contributed by atoms with Gasteiger partial charge in [-0.2, -0.15) is 0 Å². The fourth-order valence-electron chi connectivity index (χ4n) is 2.38. The van der Waals surface area contributed by atoms with Gasteiger partial charge in [-0.1, -0.05) is 27.7 Å². The number of nitrogens with one attached hydrogen (secondary N) is 1. The van der Waals surface area contributed by atoms with Crippen LogP contribution in [-0.2, 0) is 9.59 Å². The van der Waals surface area contributed by atoms with Crippen molar-refractivity contribution in [2.24, 2.45) is 5.92 Å². The molecule has 4 nitrogen and oxygen atoms in total. The summed E-state index contributed by atoms with van der Waals surface area (Å²) in [6, 6.07) is 0. The summed E-state index contributed by atoms with van der Waals surface area (Å²) in [7, 11) is 0. The highest BCUT2D eigenvalue weighted by Gasteiger charge is 2.41. The van der Waals surface area contributed by atoms with E-state index in [9.17, 15) is 9.59 Å². The molecule has 1 aliphatic rings. The van der Waals surface area contributed by atoms with Crippen molar-refractivity contribution in [1.29, 1.82) is 0 Å². The maximum atomic E-state index is 12.6. The minimum absolute atomic E-state index is 0.000836. The van der Waals surface area contributed by atoms with Gasteiger partial charge >= 0.3 is 0 Å². The van der Waals surface area contributed by atoms with E-state index in [1.165, 1.54) is 0 Å². The Bertz CT molecular complexity index is 309. The average molecular weight is 254 g/mol. The molecule has 1 saturated heterocycles. The molecule has 2 amide bonds. The molecule has 0 unspecified atom stereocenters. The molecule has 0 aliphatic carbocycles. The minimum atomic E-state index is -0.676. The molecule has 0 atom stereocenters. The molecule has 0 radical (unpaired) electrons. The first-order chi connectivity index (χ1) is 8.45. The lowest BCUT2D eigenvalue weighted by molar-refractivity contribution is -0.139. The van der Waals surface area contributed by atoms with E-state index in [4.69, 9.17) is 0 Å². The summed E-state index contributed by atoms with van der Waals surface area (Å²) in [6.07, 6.45) is 2.73. The number of hydrogen-bond acceptors (Lipinski definition) is 2. The number of carbonyl (C=O) groups is 2. The zero-order chi connectivity index (χ0) is 13.8. The van der Waals surface area contributed by atoms with Gasteiger partial charge in [0, 0.05) is 19.5 Å². The summed E-state index contributed by atoms with van der Waals surface area (Å²) in [5.41, 5.74) is -0.676. The van der Waals surface area contributed by atoms with Crippen LogP contribution in [0.25, 0.3) is 0 Å². The second-order valence-corrected chi connectivity index (χ2v) is 5.56. The van der Waals surface area contributed by atoms with Crippen molar-refractivity contribution in [2.45, 2.75) is 58.9 Å². The smallest absolute Gasteiger partial charge is 0.248 e. The highest BCUT2D eigenvalue weighted by atomic mass is 16.2. The van der Waals surface area contributed by atoms with Crippen LogP contribution in [0.5, 0.6) is 0 Å². The molecule has 0 aromatic carbocycles. The summed E-state index contributed by atoms with van der Waals surface area (Å²) in [6.45, 7) is 9.55. The van der Waals surface area contributed by atoms with Crippen molar-refractivity contribution in [3.05, 3.63) is 0 Å². The molecule has 1 fully saturated rings. The lowest BCUT2D eigenvalue weighted by atomic mass is 9.91. The monoisotopic (exact) mass is 254 g/mol. The topological polar surface area (TPSA) is 49.4 Å². The molecule has 0 aromatic rings. The van der Waals surface area contributed by atoms with Gasteiger partial charge in [0.2, 0.25) is 11.8 Å². The lowest BCUT2D eigenvalue weighted by Gasteiger charge is -2.34. The average Bonchev–Trinajstić information content (AvgIpc) is 2.46. The zero-order valence-electron chi connectivity index (χ0n) is 12.1. The molecule has 1 N–H and O–H groups in total. The molecular weight excluding hydrogens is 228 g/mol. The Morgan fingerprint density at radius 2 is 1.89 bits per heavy atom. The molecule has 1 aliphatic heterocycles. The standard InChI is InChI=1S/C14H26N2O2/c1-5-14(6-2)13(18)16(9-7-11(3)4)10-8-12(17)15-14/h11H,5-10H2,1-4H3,(H,15,17). The summed E-state index contributed by atoms with van der Waals surface area (Å²) in [5, 5.41) is 2.93. The Morgan fingerprint density at radius 1 is 1.28 bits per heavy atom. The number of hydrogen-bond donors (Lipinski definition) is 1. The van der Waals surface area contributed by atoms with Crippen LogP contribution in [-0.4, -0.2) is 35.3 Å². The van der Waals surface area contributed by atoms with E-state index >= 15 is 0 Å². The van der Waals surface area contributed by atoms with E-state index < -0.39 is 5.54 Å². The third-order valence-electron chi connectivity index (χ3n) is 3.87. The van der Waals surface area contributed by atoms with Crippen LogP contribution in [0.4, 0.5) is 0 Å². The molecule has 104 valence electrons. The van der Waals surface area contributed by atoms with Crippen LogP contribution in [0.15, 0.2) is 0 Å². The minimum Gasteiger partial charge on any atom is -0.342 e. The Labute approximate surface area is 110 Å². The Kier molecular flexibility index (Phi) is 5.17. The fourth-order valence-corrected chi connectivity index (χ4v) is 2.38. The molecule has 0 saturated carbocycles. The van der Waals surface area contributed by atoms with Crippen LogP contribution >= 0.6 is 0 Å². The van der Waals surface area contributed by atoms with Crippen LogP contribution in [0.2, 0.25) is 0 Å². The van der Waals surface area contributed by atoms with Crippen molar-refractivity contribution in [1.82, 2.24) is 10.2 Å². The van der Waals surface area contributed by atoms with E-state index in [1.807, 2.05) is 18.7 Å². The van der Waals surface area contributed by atoms with Gasteiger partial charge in [0.25, 0.3) is 0 Å². The van der Waals surface area contributed by atoms with Gasteiger partial charge in [-0.05, 0) is 25.2 Å². The highest BCUT2D eigenvalue weighted by molar-refractivity contribution is 5.93. The summed E-state index contributed by atoms with van der Waals surface area (Å²) in [5.74, 6) is 0.667. The third kappa shape index (κ3) is 3.24. The number of rotatable bonds is 5. The van der Waals surface area contributed by atoms with E-state index in [2.05, 4.69) is 19.2 Å². The second kappa shape index (κ2) is 6.21. The van der Waals surface area contributed by atoms with Gasteiger partial charge in [0.1, 0.15) is 5.54 Å². The summed E-state index contributed by atoms with van der Waals surface area (Å²) < 4.78 is 0. The fraction of sp³-hybridized carbons (Fsp3) is 0.857. The molecule has 0 bridgehead atoms. The molecule has 4 heteroatoms. The maximum Gasteiger partial charge on any atom is 0.248 e. The first-order valence-corrected chi connectivity index (χ1v) is 7.05. The first kappa shape index (κ1) is 15.0. The largest absolute Gasteiger partial charge is 0.342 e. The van der Waals surface area contributed by atoms with Crippen LogP contribution < -0.4 is 5.32 Å². The van der Waals surface area contributed by atoms with Crippen LogP contribution in [0.1, 0.15) is 53.4 Å². The number of amides is 2. The molecule has 1 rings (SSSR count). The van der Waals surface area contributed by atoms with Gasteiger partial charge in [-0.15, -0.1) is 0 Å². The van der Waals surface area contributed by atoms with Gasteiger partial charge in [-0.3, -0.25) is 9.59 Å². The first-order valence-electron chi connectivity index (χ1n) is 7.05. The SMILES string of the molecule is CCC1(CC)NC(=O)CCN(CCC(C)C)C1=O. The molecule has 0 aromatic heterocycles. The van der Waals surface area contributed by atoms with Gasteiger partial charge in [-0.25, -0.2) is 0 Å². The molecule has 0 spiro atoms. The molecular formula is C14H26N2O2. The normalized spacial score (nSPS) is 19.9. The van der Waals surface area contributed by atoms with Crippen LogP contribution in [0.3, 0.4) is 0 Å². The zero-order valence-corrected chi connectivity index (χ0v) is 12.1. The Morgan fingerprint density at radius 3 is 2.39 bits per heavy atom. The third-order valence-corrected chi connectivity index (χ3v) is 3.87. The maximum absolute atomic E-state index is 12.6. The summed E-state index contributed by atoms with van der Waals surface area (Å²) >= 11 is 0. The number of carbonyl (C=O) groups excluding carboxylic acids is 2. The predicted molar refractivity (Wildman–Crippen MR) is 72.1 cm³/mol. The van der Waals surface area contributed by atoms with E-state index in [0.717, 1.165) is 13.0 Å². The second-order valence-electron chi connectivity index (χ2n) is 5.56. The van der Waals surface area contributed by atoms with E-state index in [1.54, 1.807) is 0 Å². The van der Waals surface area contributed by atoms with Crippen molar-refractivity contribution in [3.63, 3.8) is 0 Å². The quantitative estimate of drug-likeness (QED) is 0.815. The summed E-state index contributed by atoms with van der Waals surface area (Å²) in [4.78, 5) is 26.2. The van der Waals surface area contributed by atoms with Crippen molar-refractivity contribution < 1.29 is 9.59 Å². The highest BCUT2D eigenvalue weighted by Crippen LogP contribution is 2.22. The Balaban J connectivity index is 2.85. The number of nitrogens with zero attached hydrogens (tertiary/aromatic N) is 1. The molecule has 1 heterocycles. The van der Waals surface area contributed by atoms with Crippen molar-refractivity contribution in [3.8, 4) is 0 Å². The lowest BCUT2D eigenvalue weighted by Crippen LogP contribution is -2.56.